The Labute approximate surface area is 396 Å². The van der Waals surface area contributed by atoms with Gasteiger partial charge in [0.25, 0.3) is 0 Å². The first-order valence-electron chi connectivity index (χ1n) is 22.8. The van der Waals surface area contributed by atoms with Gasteiger partial charge in [-0.3, -0.25) is 9.80 Å². The highest BCUT2D eigenvalue weighted by Crippen LogP contribution is 2.43. The molecule has 15 rings (SSSR count). The zero-order valence-electron chi connectivity index (χ0n) is 36.5. The Morgan fingerprint density at radius 3 is 1.14 bits per heavy atom. The minimum absolute atomic E-state index is 0.661. The van der Waals surface area contributed by atoms with Crippen molar-refractivity contribution in [3.05, 3.63) is 207 Å². The summed E-state index contributed by atoms with van der Waals surface area (Å²) < 4.78 is 12.8. The molecular formula is C60H34N6O2S. The van der Waals surface area contributed by atoms with E-state index in [-0.39, 0.29) is 0 Å². The molecule has 9 heteroatoms. The molecule has 322 valence electrons. The van der Waals surface area contributed by atoms with E-state index in [1.54, 1.807) is 0 Å². The lowest BCUT2D eigenvalue weighted by Crippen LogP contribution is -2.12. The van der Waals surface area contributed by atoms with E-state index in [2.05, 4.69) is 168 Å². The minimum Gasteiger partial charge on any atom is -0.456 e. The molecule has 0 N–H and O–H groups in total. The molecule has 0 atom stereocenters. The van der Waals surface area contributed by atoms with Crippen molar-refractivity contribution in [2.75, 3.05) is 9.80 Å². The van der Waals surface area contributed by atoms with Crippen LogP contribution in [-0.4, -0.2) is 19.9 Å². The third-order valence-corrected chi connectivity index (χ3v) is 14.4. The maximum Gasteiger partial charge on any atom is 0.157 e. The lowest BCUT2D eigenvalue weighted by atomic mass is 10.0. The second-order valence-electron chi connectivity index (χ2n) is 17.6. The van der Waals surface area contributed by atoms with Crippen LogP contribution < -0.4 is 9.80 Å². The van der Waals surface area contributed by atoms with Crippen LogP contribution in [0.25, 0.3) is 108 Å². The number of aromatic nitrogens is 4. The number of rotatable bonds is 6. The van der Waals surface area contributed by atoms with Crippen LogP contribution in [0, 0.1) is 0 Å². The number of anilines is 6. The first kappa shape index (κ1) is 38.0. The number of fused-ring (bicyclic) bond motifs is 13. The maximum atomic E-state index is 6.42. The molecule has 10 aromatic carbocycles. The van der Waals surface area contributed by atoms with Crippen molar-refractivity contribution in [2.45, 2.75) is 0 Å². The number of nitrogens with zero attached hydrogens (tertiary/aromatic N) is 6. The van der Waals surface area contributed by atoms with Crippen LogP contribution in [-0.2, 0) is 0 Å². The van der Waals surface area contributed by atoms with Gasteiger partial charge in [-0.05, 0) is 128 Å². The molecule has 0 aliphatic carbocycles. The fourth-order valence-electron chi connectivity index (χ4n) is 10.2. The Kier molecular flexibility index (Phi) is 8.07. The summed E-state index contributed by atoms with van der Waals surface area (Å²) >= 11 is 1.49. The van der Waals surface area contributed by atoms with Crippen molar-refractivity contribution in [1.82, 2.24) is 19.9 Å². The molecule has 0 saturated carbocycles. The van der Waals surface area contributed by atoms with Gasteiger partial charge in [0, 0.05) is 45.1 Å². The molecule has 8 nitrogen and oxygen atoms in total. The third kappa shape index (κ3) is 6.07. The van der Waals surface area contributed by atoms with E-state index >= 15 is 0 Å². The predicted octanol–water partition coefficient (Wildman–Crippen LogP) is 17.0. The van der Waals surface area contributed by atoms with Crippen LogP contribution >= 0.6 is 11.3 Å². The summed E-state index contributed by atoms with van der Waals surface area (Å²) in [5.74, 6) is 1.32. The lowest BCUT2D eigenvalue weighted by Gasteiger charge is -2.24. The van der Waals surface area contributed by atoms with Gasteiger partial charge in [0.05, 0.1) is 23.8 Å². The summed E-state index contributed by atoms with van der Waals surface area (Å²) in [6.07, 6.45) is 3.68. The Hall–Kier alpha value is -9.18. The van der Waals surface area contributed by atoms with Gasteiger partial charge < -0.3 is 8.83 Å². The molecule has 0 spiro atoms. The SMILES string of the molecule is c1ccc2cc3cc(N(c4ccc5c(c4)oc4ccccc45)c4cnc5c(n4)sc4nc(N(c6ccc7cc8ccccc8cc7c6)c6ccc7c(c6)oc6ccccc67)cnc45)ccc3cc2c1. The van der Waals surface area contributed by atoms with Crippen molar-refractivity contribution < 1.29 is 8.83 Å². The first-order valence-corrected chi connectivity index (χ1v) is 23.6. The molecule has 0 aliphatic heterocycles. The van der Waals surface area contributed by atoms with Gasteiger partial charge in [0.1, 0.15) is 43.0 Å². The molecule has 0 unspecified atom stereocenters. The zero-order valence-corrected chi connectivity index (χ0v) is 37.4. The normalized spacial score (nSPS) is 12.1. The molecule has 0 radical (unpaired) electrons. The van der Waals surface area contributed by atoms with Crippen LogP contribution in [0.5, 0.6) is 0 Å². The molecule has 5 heterocycles. The van der Waals surface area contributed by atoms with Crippen molar-refractivity contribution in [2.24, 2.45) is 0 Å². The van der Waals surface area contributed by atoms with Gasteiger partial charge in [-0.15, -0.1) is 0 Å². The largest absolute Gasteiger partial charge is 0.456 e. The molecule has 15 aromatic rings. The standard InChI is InChI=1S/C60H34N6O2S/c1-3-11-37-27-41-29-43(19-17-39(41)25-35(37)9-1)65(45-21-23-49-47-13-5-7-15-51(47)67-53(49)31-45)55-33-61-57-58-60(69-59(57)63-55)64-56(34-62-58)66(46-22-24-50-48-14-6-8-16-52(48)68-54(50)32-46)44-20-18-40-26-36-10-2-4-12-38(36)28-42(40)30-44/h1-34H. The van der Waals surface area contributed by atoms with E-state index in [0.717, 1.165) is 97.8 Å². The fraction of sp³-hybridized carbons (Fsp3) is 0. The van der Waals surface area contributed by atoms with Gasteiger partial charge in [-0.1, -0.05) is 108 Å². The summed E-state index contributed by atoms with van der Waals surface area (Å²) in [5.41, 5.74) is 8.38. The Bertz CT molecular complexity index is 4320. The lowest BCUT2D eigenvalue weighted by molar-refractivity contribution is 0.668. The highest BCUT2D eigenvalue weighted by atomic mass is 32.1. The van der Waals surface area contributed by atoms with Gasteiger partial charge in [0.15, 0.2) is 11.6 Å². The predicted molar refractivity (Wildman–Crippen MR) is 284 cm³/mol. The molecule has 0 saturated heterocycles. The summed E-state index contributed by atoms with van der Waals surface area (Å²) in [7, 11) is 0. The molecule has 0 aliphatic rings. The second-order valence-corrected chi connectivity index (χ2v) is 18.5. The van der Waals surface area contributed by atoms with Crippen molar-refractivity contribution in [3.8, 4) is 0 Å². The number of hydrogen-bond acceptors (Lipinski definition) is 9. The minimum atomic E-state index is 0.661. The second kappa shape index (κ2) is 14.7. The highest BCUT2D eigenvalue weighted by molar-refractivity contribution is 7.24. The van der Waals surface area contributed by atoms with Gasteiger partial charge in [-0.25, -0.2) is 19.9 Å². The fourth-order valence-corrected chi connectivity index (χ4v) is 11.1. The molecule has 0 fully saturated rings. The molecule has 0 amide bonds. The van der Waals surface area contributed by atoms with Crippen molar-refractivity contribution in [3.63, 3.8) is 0 Å². The smallest absolute Gasteiger partial charge is 0.157 e. The summed E-state index contributed by atoms with van der Waals surface area (Å²) in [4.78, 5) is 26.7. The Balaban J connectivity index is 0.887. The highest BCUT2D eigenvalue weighted by Gasteiger charge is 2.23. The Morgan fingerprint density at radius 2 is 0.681 bits per heavy atom. The Morgan fingerprint density at radius 1 is 0.319 bits per heavy atom. The monoisotopic (exact) mass is 902 g/mol. The maximum absolute atomic E-state index is 6.42. The van der Waals surface area contributed by atoms with E-state index < -0.39 is 0 Å². The number of hydrogen-bond donors (Lipinski definition) is 0. The quantitative estimate of drug-likeness (QED) is 0.153. The van der Waals surface area contributed by atoms with Crippen LogP contribution in [0.1, 0.15) is 0 Å². The summed E-state index contributed by atoms with van der Waals surface area (Å²) in [6.45, 7) is 0. The number of thiophene rings is 1. The van der Waals surface area contributed by atoms with Crippen molar-refractivity contribution in [1.29, 1.82) is 0 Å². The van der Waals surface area contributed by atoms with Crippen LogP contribution in [0.2, 0.25) is 0 Å². The topological polar surface area (TPSA) is 84.3 Å². The van der Waals surface area contributed by atoms with E-state index in [9.17, 15) is 0 Å². The zero-order chi connectivity index (χ0) is 45.2. The molecule has 5 aromatic heterocycles. The van der Waals surface area contributed by atoms with E-state index in [1.807, 2.05) is 48.8 Å². The van der Waals surface area contributed by atoms with Crippen LogP contribution in [0.15, 0.2) is 215 Å². The average Bonchev–Trinajstić information content (AvgIpc) is 4.08. The molecule has 0 bridgehead atoms. The van der Waals surface area contributed by atoms with E-state index in [1.165, 1.54) is 32.9 Å². The van der Waals surface area contributed by atoms with Gasteiger partial charge in [0.2, 0.25) is 0 Å². The van der Waals surface area contributed by atoms with E-state index in [0.29, 0.717) is 22.7 Å². The van der Waals surface area contributed by atoms with Crippen LogP contribution in [0.4, 0.5) is 34.4 Å². The van der Waals surface area contributed by atoms with Gasteiger partial charge in [-0.2, -0.15) is 0 Å². The summed E-state index contributed by atoms with van der Waals surface area (Å²) in [5, 5.41) is 13.6. The molecular weight excluding hydrogens is 869 g/mol. The number of benzene rings is 10. The van der Waals surface area contributed by atoms with Crippen LogP contribution in [0.3, 0.4) is 0 Å². The number of para-hydroxylation sites is 2. The van der Waals surface area contributed by atoms with Crippen molar-refractivity contribution >= 4 is 153 Å². The molecule has 69 heavy (non-hydrogen) atoms. The van der Waals surface area contributed by atoms with E-state index in [4.69, 9.17) is 28.8 Å². The third-order valence-electron chi connectivity index (χ3n) is 13.5. The van der Waals surface area contributed by atoms with Gasteiger partial charge >= 0.3 is 0 Å². The summed E-state index contributed by atoms with van der Waals surface area (Å²) in [6, 6.07) is 68.1. The average molecular weight is 903 g/mol. The number of furan rings is 2. The first-order chi connectivity index (χ1) is 34.1.